The number of allylic oxidation sites excluding steroid dienone is 1. The monoisotopic (exact) mass is 497 g/mol. The van der Waals surface area contributed by atoms with Gasteiger partial charge < -0.3 is 5.32 Å². The Bertz CT molecular complexity index is 1350. The number of aromatic nitrogens is 4. The van der Waals surface area contributed by atoms with Gasteiger partial charge in [0.1, 0.15) is 0 Å². The van der Waals surface area contributed by atoms with Gasteiger partial charge in [-0.05, 0) is 30.7 Å². The van der Waals surface area contributed by atoms with E-state index in [0.717, 1.165) is 10.0 Å². The first kappa shape index (κ1) is 21.3. The predicted molar refractivity (Wildman–Crippen MR) is 126 cm³/mol. The lowest BCUT2D eigenvalue weighted by Gasteiger charge is -2.15. The van der Waals surface area contributed by atoms with Crippen molar-refractivity contribution < 1.29 is 4.79 Å². The molecule has 2 aromatic carbocycles. The summed E-state index contributed by atoms with van der Waals surface area (Å²) in [6.45, 7) is 5.99. The van der Waals surface area contributed by atoms with E-state index in [1.54, 1.807) is 12.1 Å². The molecule has 0 saturated heterocycles. The maximum atomic E-state index is 12.9. The quantitative estimate of drug-likeness (QED) is 0.308. The van der Waals surface area contributed by atoms with E-state index in [4.69, 9.17) is 0 Å². The lowest BCUT2D eigenvalue weighted by Crippen LogP contribution is -2.28. The van der Waals surface area contributed by atoms with Crippen LogP contribution in [-0.2, 0) is 11.3 Å². The summed E-state index contributed by atoms with van der Waals surface area (Å²) in [5.41, 5.74) is 1.57. The summed E-state index contributed by atoms with van der Waals surface area (Å²) in [6.07, 6.45) is 1.65. The van der Waals surface area contributed by atoms with Crippen molar-refractivity contribution in [2.45, 2.75) is 24.7 Å². The summed E-state index contributed by atoms with van der Waals surface area (Å²) >= 11 is 4.80. The molecule has 9 heteroatoms. The van der Waals surface area contributed by atoms with E-state index in [-0.39, 0.29) is 23.3 Å². The fourth-order valence-corrected chi connectivity index (χ4v) is 4.82. The second kappa shape index (κ2) is 9.07. The van der Waals surface area contributed by atoms with Crippen molar-refractivity contribution in [2.75, 3.05) is 5.75 Å². The topological polar surface area (TPSA) is 81.3 Å². The van der Waals surface area contributed by atoms with Gasteiger partial charge in [0.05, 0.1) is 22.7 Å². The van der Waals surface area contributed by atoms with E-state index in [1.807, 2.05) is 53.8 Å². The minimum atomic E-state index is -0.146. The van der Waals surface area contributed by atoms with Gasteiger partial charge in [0, 0.05) is 11.0 Å². The Morgan fingerprint density at radius 2 is 1.97 bits per heavy atom. The van der Waals surface area contributed by atoms with Crippen LogP contribution in [-0.4, -0.2) is 30.8 Å². The molecule has 0 aliphatic rings. The summed E-state index contributed by atoms with van der Waals surface area (Å²) in [6, 6.07) is 15.0. The molecule has 4 rings (SSSR count). The molecule has 0 fully saturated rings. The number of amides is 1. The van der Waals surface area contributed by atoms with Crippen molar-refractivity contribution in [2.24, 2.45) is 0 Å². The zero-order valence-electron chi connectivity index (χ0n) is 16.8. The van der Waals surface area contributed by atoms with Crippen LogP contribution < -0.4 is 10.9 Å². The van der Waals surface area contributed by atoms with E-state index in [1.165, 1.54) is 16.3 Å². The summed E-state index contributed by atoms with van der Waals surface area (Å²) < 4.78 is 4.29. The van der Waals surface area contributed by atoms with Crippen LogP contribution >= 0.6 is 27.7 Å². The van der Waals surface area contributed by atoms with Gasteiger partial charge in [-0.15, -0.1) is 16.8 Å². The van der Waals surface area contributed by atoms with Gasteiger partial charge in [-0.25, -0.2) is 0 Å². The highest BCUT2D eigenvalue weighted by atomic mass is 79.9. The highest BCUT2D eigenvalue weighted by Gasteiger charge is 2.18. The molecule has 1 amide bonds. The van der Waals surface area contributed by atoms with Crippen LogP contribution in [0.3, 0.4) is 0 Å². The van der Waals surface area contributed by atoms with Crippen molar-refractivity contribution >= 4 is 50.3 Å². The second-order valence-corrected chi connectivity index (χ2v) is 8.74. The van der Waals surface area contributed by atoms with Crippen LogP contribution in [0.25, 0.3) is 16.7 Å². The van der Waals surface area contributed by atoms with Gasteiger partial charge in [-0.1, -0.05) is 64.1 Å². The predicted octanol–water partition coefficient (Wildman–Crippen LogP) is 3.96. The molecule has 0 bridgehead atoms. The van der Waals surface area contributed by atoms with Crippen molar-refractivity contribution in [3.63, 3.8) is 0 Å². The number of nitrogens with zero attached hydrogens (tertiary/aromatic N) is 4. The Kier molecular flexibility index (Phi) is 6.24. The second-order valence-electron chi connectivity index (χ2n) is 6.94. The molecule has 7 nitrogen and oxygen atoms in total. The fraction of sp³-hybridized carbons (Fsp3) is 0.182. The zero-order valence-corrected chi connectivity index (χ0v) is 19.2. The van der Waals surface area contributed by atoms with E-state index < -0.39 is 0 Å². The first-order chi connectivity index (χ1) is 15.0. The number of nitrogens with one attached hydrogen (secondary N) is 1. The first-order valence-electron chi connectivity index (χ1n) is 9.65. The number of carbonyl (C=O) groups is 1. The summed E-state index contributed by atoms with van der Waals surface area (Å²) in [5, 5.41) is 12.6. The van der Waals surface area contributed by atoms with E-state index in [0.29, 0.717) is 28.4 Å². The van der Waals surface area contributed by atoms with Crippen molar-refractivity contribution in [1.82, 2.24) is 24.5 Å². The highest BCUT2D eigenvalue weighted by Crippen LogP contribution is 2.24. The number of carbonyl (C=O) groups excluding carboxylic acids is 1. The highest BCUT2D eigenvalue weighted by molar-refractivity contribution is 9.10. The van der Waals surface area contributed by atoms with Crippen molar-refractivity contribution in [3.8, 4) is 0 Å². The van der Waals surface area contributed by atoms with Crippen LogP contribution in [0.2, 0.25) is 0 Å². The maximum absolute atomic E-state index is 12.9. The summed E-state index contributed by atoms with van der Waals surface area (Å²) in [5.74, 6) is 0.478. The number of thioether (sulfide) groups is 1. The molecular weight excluding hydrogens is 478 g/mol. The van der Waals surface area contributed by atoms with Gasteiger partial charge in [0.15, 0.2) is 5.16 Å². The smallest absolute Gasteiger partial charge is 0.263 e. The molecule has 1 atom stereocenters. The molecule has 0 aliphatic heterocycles. The SMILES string of the molecule is C=CCn1c(=O)c2ccccc2n2c(SCC(=O)NC(C)c3ccccc3Br)nnc12. The van der Waals surface area contributed by atoms with Crippen LogP contribution in [0.15, 0.2) is 75.6 Å². The number of hydrogen-bond acceptors (Lipinski definition) is 5. The van der Waals surface area contributed by atoms with Crippen LogP contribution in [0, 0.1) is 0 Å². The number of fused-ring (bicyclic) bond motifs is 3. The average Bonchev–Trinajstić information content (AvgIpc) is 3.19. The molecule has 158 valence electrons. The van der Waals surface area contributed by atoms with Gasteiger partial charge in [0.2, 0.25) is 11.7 Å². The maximum Gasteiger partial charge on any atom is 0.263 e. The third kappa shape index (κ3) is 4.15. The molecule has 0 aliphatic carbocycles. The van der Waals surface area contributed by atoms with Gasteiger partial charge >= 0.3 is 0 Å². The number of hydrogen-bond donors (Lipinski definition) is 1. The molecule has 0 saturated carbocycles. The Balaban J connectivity index is 1.61. The Hall–Kier alpha value is -2.91. The zero-order chi connectivity index (χ0) is 22.0. The van der Waals surface area contributed by atoms with Gasteiger partial charge in [0.25, 0.3) is 5.56 Å². The van der Waals surface area contributed by atoms with Crippen molar-refractivity contribution in [3.05, 3.63) is 81.6 Å². The van der Waals surface area contributed by atoms with Crippen LogP contribution in [0.4, 0.5) is 0 Å². The molecule has 2 aromatic heterocycles. The van der Waals surface area contributed by atoms with E-state index in [9.17, 15) is 9.59 Å². The molecule has 0 radical (unpaired) electrons. The van der Waals surface area contributed by atoms with Crippen LogP contribution in [0.5, 0.6) is 0 Å². The molecule has 2 heterocycles. The summed E-state index contributed by atoms with van der Waals surface area (Å²) in [7, 11) is 0. The number of para-hydroxylation sites is 1. The molecule has 4 aromatic rings. The van der Waals surface area contributed by atoms with E-state index in [2.05, 4.69) is 38.0 Å². The molecular formula is C22H20BrN5O2S. The molecule has 0 spiro atoms. The van der Waals surface area contributed by atoms with E-state index >= 15 is 0 Å². The summed E-state index contributed by atoms with van der Waals surface area (Å²) in [4.78, 5) is 25.4. The molecule has 31 heavy (non-hydrogen) atoms. The third-order valence-corrected chi connectivity index (χ3v) is 6.52. The first-order valence-corrected chi connectivity index (χ1v) is 11.4. The number of benzene rings is 2. The number of rotatable bonds is 7. The van der Waals surface area contributed by atoms with Crippen molar-refractivity contribution in [1.29, 1.82) is 0 Å². The van der Waals surface area contributed by atoms with Crippen LogP contribution in [0.1, 0.15) is 18.5 Å². The minimum Gasteiger partial charge on any atom is -0.349 e. The third-order valence-electron chi connectivity index (χ3n) is 4.87. The largest absolute Gasteiger partial charge is 0.349 e. The minimum absolute atomic E-state index is 0.117. The standard InChI is InChI=1S/C22H20BrN5O2S/c1-3-12-27-20(30)16-9-5-7-11-18(16)28-21(27)25-26-22(28)31-13-19(29)24-14(2)15-8-4-6-10-17(15)23/h3-11,14H,1,12-13H2,2H3,(H,24,29). The lowest BCUT2D eigenvalue weighted by molar-refractivity contribution is -0.119. The Morgan fingerprint density at radius 1 is 1.23 bits per heavy atom. The van der Waals surface area contributed by atoms with Gasteiger partial charge in [-0.3, -0.25) is 18.6 Å². The lowest BCUT2D eigenvalue weighted by atomic mass is 10.1. The normalized spacial score (nSPS) is 12.2. The van der Waals surface area contributed by atoms with Gasteiger partial charge in [-0.2, -0.15) is 0 Å². The average molecular weight is 498 g/mol. The fourth-order valence-electron chi connectivity index (χ4n) is 3.44. The molecule has 1 unspecified atom stereocenters. The number of halogens is 1. The Labute approximate surface area is 191 Å². The Morgan fingerprint density at radius 3 is 2.74 bits per heavy atom. The molecule has 1 N–H and O–H groups in total.